The van der Waals surface area contributed by atoms with E-state index in [4.69, 9.17) is 0 Å². The molecule has 2 aromatic rings. The van der Waals surface area contributed by atoms with Crippen LogP contribution in [0.5, 0.6) is 0 Å². The summed E-state index contributed by atoms with van der Waals surface area (Å²) in [5.41, 5.74) is 3.11. The Balaban J connectivity index is 1.53. The van der Waals surface area contributed by atoms with E-state index in [0.29, 0.717) is 0 Å². The minimum Gasteiger partial charge on any atom is -0.323 e. The van der Waals surface area contributed by atoms with Gasteiger partial charge in [-0.2, -0.15) is 0 Å². The van der Waals surface area contributed by atoms with Crippen molar-refractivity contribution in [1.29, 1.82) is 0 Å². The summed E-state index contributed by atoms with van der Waals surface area (Å²) in [4.78, 5) is 14.5. The van der Waals surface area contributed by atoms with Gasteiger partial charge in [-0.25, -0.2) is 0 Å². The van der Waals surface area contributed by atoms with E-state index in [2.05, 4.69) is 38.3 Å². The van der Waals surface area contributed by atoms with Crippen molar-refractivity contribution in [3.8, 4) is 0 Å². The van der Waals surface area contributed by atoms with Crippen LogP contribution in [0.25, 0.3) is 6.08 Å². The Morgan fingerprint density at radius 1 is 1.04 bits per heavy atom. The van der Waals surface area contributed by atoms with Crippen molar-refractivity contribution in [2.45, 2.75) is 19.4 Å². The largest absolute Gasteiger partial charge is 0.323 e. The Labute approximate surface area is 151 Å². The second-order valence-corrected chi connectivity index (χ2v) is 6.97. The summed E-state index contributed by atoms with van der Waals surface area (Å²) < 4.78 is 1.03. The van der Waals surface area contributed by atoms with Crippen molar-refractivity contribution < 1.29 is 4.79 Å². The molecule has 1 heterocycles. The van der Waals surface area contributed by atoms with Gasteiger partial charge in [-0.15, -0.1) is 0 Å². The summed E-state index contributed by atoms with van der Waals surface area (Å²) in [6.45, 7) is 3.39. The average molecular weight is 385 g/mol. The highest BCUT2D eigenvalue weighted by Crippen LogP contribution is 2.15. The van der Waals surface area contributed by atoms with Gasteiger partial charge in [0.2, 0.25) is 5.91 Å². The van der Waals surface area contributed by atoms with E-state index in [1.165, 1.54) is 31.5 Å². The van der Waals surface area contributed by atoms with Crippen LogP contribution in [0.15, 0.2) is 59.1 Å². The first-order valence-electron chi connectivity index (χ1n) is 8.25. The number of nitrogens with one attached hydrogen (secondary N) is 1. The Kier molecular flexibility index (Phi) is 5.83. The molecule has 1 amide bonds. The van der Waals surface area contributed by atoms with E-state index in [1.807, 2.05) is 42.5 Å². The fourth-order valence-corrected chi connectivity index (χ4v) is 3.09. The number of carbonyl (C=O) groups excluding carboxylic acids is 1. The van der Waals surface area contributed by atoms with Crippen molar-refractivity contribution in [1.82, 2.24) is 4.90 Å². The normalized spacial score (nSPS) is 15.0. The molecule has 1 aliphatic rings. The summed E-state index contributed by atoms with van der Waals surface area (Å²) in [5.74, 6) is -0.120. The lowest BCUT2D eigenvalue weighted by molar-refractivity contribution is -0.111. The minimum absolute atomic E-state index is 0.120. The van der Waals surface area contributed by atoms with E-state index in [0.717, 1.165) is 22.3 Å². The number of nitrogens with zero attached hydrogens (tertiary/aromatic N) is 1. The molecule has 124 valence electrons. The first-order chi connectivity index (χ1) is 11.7. The van der Waals surface area contributed by atoms with Crippen LogP contribution in [0.4, 0.5) is 5.69 Å². The quantitative estimate of drug-likeness (QED) is 0.757. The summed E-state index contributed by atoms with van der Waals surface area (Å²) in [6.07, 6.45) is 5.97. The van der Waals surface area contributed by atoms with E-state index in [1.54, 1.807) is 6.08 Å². The van der Waals surface area contributed by atoms with Gasteiger partial charge in [-0.3, -0.25) is 9.69 Å². The highest BCUT2D eigenvalue weighted by Gasteiger charge is 2.11. The Morgan fingerprint density at radius 2 is 1.71 bits per heavy atom. The number of likely N-dealkylation sites (tertiary alicyclic amines) is 1. The second-order valence-electron chi connectivity index (χ2n) is 6.05. The summed E-state index contributed by atoms with van der Waals surface area (Å²) in [6, 6.07) is 15.9. The van der Waals surface area contributed by atoms with Gasteiger partial charge in [-0.05, 0) is 67.4 Å². The summed E-state index contributed by atoms with van der Waals surface area (Å²) in [5, 5.41) is 2.90. The SMILES string of the molecule is O=C(C=Cc1ccc(Br)cc1)Nc1ccc(CN2CCCC2)cc1. The van der Waals surface area contributed by atoms with Crippen LogP contribution >= 0.6 is 15.9 Å². The van der Waals surface area contributed by atoms with Crippen LogP contribution in [-0.4, -0.2) is 23.9 Å². The van der Waals surface area contributed by atoms with E-state index < -0.39 is 0 Å². The molecule has 4 heteroatoms. The Hall–Kier alpha value is -1.91. The van der Waals surface area contributed by atoms with E-state index >= 15 is 0 Å². The number of carbonyl (C=O) groups is 1. The molecule has 0 radical (unpaired) electrons. The lowest BCUT2D eigenvalue weighted by Crippen LogP contribution is -2.18. The van der Waals surface area contributed by atoms with Crippen LogP contribution in [0.3, 0.4) is 0 Å². The summed E-state index contributed by atoms with van der Waals surface area (Å²) >= 11 is 3.40. The molecule has 1 fully saturated rings. The highest BCUT2D eigenvalue weighted by molar-refractivity contribution is 9.10. The maximum atomic E-state index is 12.0. The van der Waals surface area contributed by atoms with Crippen LogP contribution in [0.2, 0.25) is 0 Å². The smallest absolute Gasteiger partial charge is 0.248 e. The fourth-order valence-electron chi connectivity index (χ4n) is 2.82. The molecule has 1 N–H and O–H groups in total. The van der Waals surface area contributed by atoms with Gasteiger partial charge in [0, 0.05) is 22.8 Å². The zero-order chi connectivity index (χ0) is 16.8. The van der Waals surface area contributed by atoms with Crippen LogP contribution in [0, 0.1) is 0 Å². The number of hydrogen-bond acceptors (Lipinski definition) is 2. The zero-order valence-electron chi connectivity index (χ0n) is 13.5. The maximum Gasteiger partial charge on any atom is 0.248 e. The van der Waals surface area contributed by atoms with Crippen LogP contribution in [-0.2, 0) is 11.3 Å². The number of hydrogen-bond donors (Lipinski definition) is 1. The number of benzene rings is 2. The third-order valence-corrected chi connectivity index (χ3v) is 4.65. The number of amides is 1. The van der Waals surface area contributed by atoms with Crippen molar-refractivity contribution in [3.63, 3.8) is 0 Å². The first kappa shape index (κ1) is 16.9. The predicted molar refractivity (Wildman–Crippen MR) is 103 cm³/mol. The lowest BCUT2D eigenvalue weighted by Gasteiger charge is -2.14. The van der Waals surface area contributed by atoms with Gasteiger partial charge in [0.1, 0.15) is 0 Å². The van der Waals surface area contributed by atoms with E-state index in [9.17, 15) is 4.79 Å². The van der Waals surface area contributed by atoms with Gasteiger partial charge in [0.05, 0.1) is 0 Å². The minimum atomic E-state index is -0.120. The van der Waals surface area contributed by atoms with Gasteiger partial charge in [-0.1, -0.05) is 40.2 Å². The molecule has 1 aliphatic heterocycles. The standard InChI is InChI=1S/C20H21BrN2O/c21-18-8-3-16(4-9-18)7-12-20(24)22-19-10-5-17(6-11-19)15-23-13-1-2-14-23/h3-12H,1-2,13-15H2,(H,22,24). The van der Waals surface area contributed by atoms with Crippen LogP contribution in [0.1, 0.15) is 24.0 Å². The molecular formula is C20H21BrN2O. The molecule has 0 saturated carbocycles. The fraction of sp³-hybridized carbons (Fsp3) is 0.250. The second kappa shape index (κ2) is 8.27. The molecule has 0 aromatic heterocycles. The lowest BCUT2D eigenvalue weighted by atomic mass is 10.2. The molecule has 24 heavy (non-hydrogen) atoms. The van der Waals surface area contributed by atoms with Crippen LogP contribution < -0.4 is 5.32 Å². The monoisotopic (exact) mass is 384 g/mol. The van der Waals surface area contributed by atoms with Gasteiger partial charge in [0.25, 0.3) is 0 Å². The Morgan fingerprint density at radius 3 is 2.38 bits per heavy atom. The molecule has 0 bridgehead atoms. The topological polar surface area (TPSA) is 32.3 Å². The molecule has 2 aromatic carbocycles. The number of halogens is 1. The third kappa shape index (κ3) is 5.05. The van der Waals surface area contributed by atoms with Gasteiger partial charge >= 0.3 is 0 Å². The Bertz CT molecular complexity index is 701. The summed E-state index contributed by atoms with van der Waals surface area (Å²) in [7, 11) is 0. The van der Waals surface area contributed by atoms with Crippen molar-refractivity contribution in [2.24, 2.45) is 0 Å². The molecule has 0 aliphatic carbocycles. The first-order valence-corrected chi connectivity index (χ1v) is 9.04. The molecule has 0 atom stereocenters. The molecular weight excluding hydrogens is 364 g/mol. The molecule has 3 rings (SSSR count). The zero-order valence-corrected chi connectivity index (χ0v) is 15.1. The predicted octanol–water partition coefficient (Wildman–Crippen LogP) is 4.70. The number of anilines is 1. The van der Waals surface area contributed by atoms with E-state index in [-0.39, 0.29) is 5.91 Å². The molecule has 0 unspecified atom stereocenters. The van der Waals surface area contributed by atoms with Crippen molar-refractivity contribution in [2.75, 3.05) is 18.4 Å². The van der Waals surface area contributed by atoms with Crippen molar-refractivity contribution >= 4 is 33.6 Å². The maximum absolute atomic E-state index is 12.0. The molecule has 3 nitrogen and oxygen atoms in total. The highest BCUT2D eigenvalue weighted by atomic mass is 79.9. The van der Waals surface area contributed by atoms with Crippen molar-refractivity contribution in [3.05, 3.63) is 70.2 Å². The number of rotatable bonds is 5. The van der Waals surface area contributed by atoms with Gasteiger partial charge < -0.3 is 5.32 Å². The molecule has 0 spiro atoms. The average Bonchev–Trinajstić information content (AvgIpc) is 3.09. The molecule has 1 saturated heterocycles. The third-order valence-electron chi connectivity index (χ3n) is 4.12. The van der Waals surface area contributed by atoms with Gasteiger partial charge in [0.15, 0.2) is 0 Å².